The second kappa shape index (κ2) is 9.35. The summed E-state index contributed by atoms with van der Waals surface area (Å²) in [5.41, 5.74) is 0.235. The molecule has 0 heterocycles. The fourth-order valence-electron chi connectivity index (χ4n) is 2.72. The first-order chi connectivity index (χ1) is 13.5. The van der Waals surface area contributed by atoms with E-state index < -0.39 is 28.2 Å². The molecule has 6 heteroatoms. The van der Waals surface area contributed by atoms with Crippen LogP contribution in [0.3, 0.4) is 0 Å². The lowest BCUT2D eigenvalue weighted by Crippen LogP contribution is -2.43. The lowest BCUT2D eigenvalue weighted by atomic mass is 9.94. The molecule has 156 valence electrons. The zero-order valence-electron chi connectivity index (χ0n) is 17.5. The van der Waals surface area contributed by atoms with Crippen LogP contribution in [0.2, 0.25) is 0 Å². The maximum Gasteiger partial charge on any atom is 0.322 e. The van der Waals surface area contributed by atoms with Gasteiger partial charge < -0.3 is 14.6 Å². The molecule has 0 spiro atoms. The number of thioether (sulfide) groups is 1. The minimum atomic E-state index is -1.27. The minimum absolute atomic E-state index is 0.533. The molecule has 0 radical (unpaired) electrons. The molecule has 0 amide bonds. The van der Waals surface area contributed by atoms with E-state index in [1.807, 2.05) is 54.6 Å². The Balaban J connectivity index is 2.09. The van der Waals surface area contributed by atoms with Crippen LogP contribution in [0.1, 0.15) is 40.2 Å². The summed E-state index contributed by atoms with van der Waals surface area (Å²) in [6.45, 7) is 8.68. The highest BCUT2D eigenvalue weighted by molar-refractivity contribution is 7.99. The van der Waals surface area contributed by atoms with E-state index in [1.54, 1.807) is 34.6 Å². The highest BCUT2D eigenvalue weighted by atomic mass is 32.2. The van der Waals surface area contributed by atoms with E-state index in [9.17, 15) is 14.7 Å². The van der Waals surface area contributed by atoms with Crippen molar-refractivity contribution in [2.75, 3.05) is 0 Å². The predicted octanol–water partition coefficient (Wildman–Crippen LogP) is 5.53. The molecule has 1 N–H and O–H groups in total. The van der Waals surface area contributed by atoms with Gasteiger partial charge in [0.25, 0.3) is 0 Å². The average molecular weight is 417 g/mol. The highest BCUT2D eigenvalue weighted by Gasteiger charge is 2.44. The summed E-state index contributed by atoms with van der Waals surface area (Å²) in [5.74, 6) is -1.19. The first kappa shape index (κ1) is 22.8. The topological polar surface area (TPSA) is 72.8 Å². The van der Waals surface area contributed by atoms with Crippen molar-refractivity contribution in [1.82, 2.24) is 0 Å². The SMILES string of the molecule is CC(C)(C)OC(=O)[C@@H](C(=O)O)C(C)(C)SCc1cccc(Oc2ccccc2)c1. The molecule has 5 nitrogen and oxygen atoms in total. The molecular weight excluding hydrogens is 388 g/mol. The molecule has 0 aliphatic heterocycles. The smallest absolute Gasteiger partial charge is 0.322 e. The standard InChI is InChI=1S/C23H28O5S/c1-22(2,3)28-21(26)19(20(24)25)23(4,5)29-15-16-10-9-13-18(14-16)27-17-11-7-6-8-12-17/h6-14,19H,15H2,1-5H3,(H,24,25)/t19-/m1/s1. The van der Waals surface area contributed by atoms with Crippen molar-refractivity contribution < 1.29 is 24.2 Å². The average Bonchev–Trinajstić information content (AvgIpc) is 2.59. The van der Waals surface area contributed by atoms with Crippen LogP contribution < -0.4 is 4.74 Å². The van der Waals surface area contributed by atoms with Gasteiger partial charge in [0, 0.05) is 10.5 Å². The van der Waals surface area contributed by atoms with Crippen molar-refractivity contribution in [2.45, 2.75) is 50.7 Å². The summed E-state index contributed by atoms with van der Waals surface area (Å²) in [6.07, 6.45) is 0. The lowest BCUT2D eigenvalue weighted by molar-refractivity contribution is -0.167. The Bertz CT molecular complexity index is 840. The molecule has 0 saturated heterocycles. The van der Waals surface area contributed by atoms with Crippen molar-refractivity contribution >= 4 is 23.7 Å². The van der Waals surface area contributed by atoms with Gasteiger partial charge in [-0.3, -0.25) is 9.59 Å². The van der Waals surface area contributed by atoms with Gasteiger partial charge in [0.2, 0.25) is 0 Å². The Hall–Kier alpha value is -2.47. The van der Waals surface area contributed by atoms with Crippen molar-refractivity contribution in [1.29, 1.82) is 0 Å². The molecule has 1 atom stereocenters. The molecule has 0 fully saturated rings. The molecule has 2 aromatic carbocycles. The lowest BCUT2D eigenvalue weighted by Gasteiger charge is -2.31. The predicted molar refractivity (Wildman–Crippen MR) is 115 cm³/mol. The van der Waals surface area contributed by atoms with Gasteiger partial charge in [0.1, 0.15) is 17.1 Å². The number of carbonyl (C=O) groups is 2. The van der Waals surface area contributed by atoms with E-state index in [4.69, 9.17) is 9.47 Å². The zero-order valence-corrected chi connectivity index (χ0v) is 18.3. The van der Waals surface area contributed by atoms with E-state index in [0.717, 1.165) is 11.3 Å². The van der Waals surface area contributed by atoms with Gasteiger partial charge >= 0.3 is 11.9 Å². The maximum absolute atomic E-state index is 12.5. The Morgan fingerprint density at radius 2 is 1.59 bits per heavy atom. The van der Waals surface area contributed by atoms with Gasteiger partial charge in [-0.2, -0.15) is 0 Å². The molecule has 0 aromatic heterocycles. The van der Waals surface area contributed by atoms with E-state index in [2.05, 4.69) is 0 Å². The van der Waals surface area contributed by atoms with Gasteiger partial charge in [-0.05, 0) is 64.4 Å². The third-order valence-electron chi connectivity index (χ3n) is 4.07. The molecule has 2 rings (SSSR count). The van der Waals surface area contributed by atoms with Crippen LogP contribution >= 0.6 is 11.8 Å². The Labute approximate surface area is 176 Å². The monoisotopic (exact) mass is 416 g/mol. The number of ether oxygens (including phenoxy) is 2. The number of esters is 1. The van der Waals surface area contributed by atoms with E-state index in [1.165, 1.54) is 11.8 Å². The third-order valence-corrected chi connectivity index (χ3v) is 5.53. The van der Waals surface area contributed by atoms with Crippen LogP contribution in [0.15, 0.2) is 54.6 Å². The summed E-state index contributed by atoms with van der Waals surface area (Å²) < 4.78 is 10.3. The van der Waals surface area contributed by atoms with Crippen LogP contribution in [0.5, 0.6) is 11.5 Å². The summed E-state index contributed by atoms with van der Waals surface area (Å²) in [5, 5.41) is 9.65. The molecule has 0 unspecified atom stereocenters. The summed E-state index contributed by atoms with van der Waals surface area (Å²) in [4.78, 5) is 24.3. The second-order valence-electron chi connectivity index (χ2n) is 8.26. The molecule has 0 saturated carbocycles. The van der Waals surface area contributed by atoms with E-state index in [0.29, 0.717) is 11.5 Å². The van der Waals surface area contributed by atoms with Crippen LogP contribution in [-0.2, 0) is 20.1 Å². The van der Waals surface area contributed by atoms with E-state index >= 15 is 0 Å². The number of hydrogen-bond donors (Lipinski definition) is 1. The number of para-hydroxylation sites is 1. The van der Waals surface area contributed by atoms with E-state index in [-0.39, 0.29) is 0 Å². The number of rotatable bonds is 8. The Morgan fingerprint density at radius 1 is 0.966 bits per heavy atom. The van der Waals surface area contributed by atoms with Gasteiger partial charge in [0.15, 0.2) is 5.92 Å². The Morgan fingerprint density at radius 3 is 2.17 bits per heavy atom. The molecule has 0 aliphatic rings. The fourth-order valence-corrected chi connectivity index (χ4v) is 3.80. The summed E-state index contributed by atoms with van der Waals surface area (Å²) >= 11 is 1.40. The molecule has 2 aromatic rings. The number of aliphatic carboxylic acids is 1. The first-order valence-corrected chi connectivity index (χ1v) is 10.4. The first-order valence-electron chi connectivity index (χ1n) is 9.39. The van der Waals surface area contributed by atoms with Gasteiger partial charge in [0.05, 0.1) is 0 Å². The van der Waals surface area contributed by atoms with Gasteiger partial charge in [-0.15, -0.1) is 11.8 Å². The number of carboxylic acid groups (broad SMARTS) is 1. The number of hydrogen-bond acceptors (Lipinski definition) is 5. The van der Waals surface area contributed by atoms with Crippen LogP contribution in [-0.4, -0.2) is 27.4 Å². The third kappa shape index (κ3) is 7.13. The fraction of sp³-hybridized carbons (Fsp3) is 0.391. The molecule has 0 aliphatic carbocycles. The maximum atomic E-state index is 12.5. The van der Waals surface area contributed by atoms with Crippen molar-refractivity contribution in [3.05, 3.63) is 60.2 Å². The van der Waals surface area contributed by atoms with Crippen LogP contribution in [0.4, 0.5) is 0 Å². The molecular formula is C23H28O5S. The van der Waals surface area contributed by atoms with Crippen molar-refractivity contribution in [3.63, 3.8) is 0 Å². The number of carbonyl (C=O) groups excluding carboxylic acids is 1. The number of benzene rings is 2. The summed E-state index contributed by atoms with van der Waals surface area (Å²) in [7, 11) is 0. The van der Waals surface area contributed by atoms with Crippen molar-refractivity contribution in [2.24, 2.45) is 5.92 Å². The molecule has 29 heavy (non-hydrogen) atoms. The van der Waals surface area contributed by atoms with Crippen molar-refractivity contribution in [3.8, 4) is 11.5 Å². The number of carboxylic acids is 1. The van der Waals surface area contributed by atoms with Crippen LogP contribution in [0.25, 0.3) is 0 Å². The van der Waals surface area contributed by atoms with Gasteiger partial charge in [-0.1, -0.05) is 30.3 Å². The molecule has 0 bridgehead atoms. The quantitative estimate of drug-likeness (QED) is 0.450. The largest absolute Gasteiger partial charge is 0.481 e. The van der Waals surface area contributed by atoms with Gasteiger partial charge in [-0.25, -0.2) is 0 Å². The van der Waals surface area contributed by atoms with Crippen LogP contribution in [0, 0.1) is 5.92 Å². The zero-order chi connectivity index (χ0) is 21.7. The highest BCUT2D eigenvalue weighted by Crippen LogP contribution is 2.37. The second-order valence-corrected chi connectivity index (χ2v) is 9.89. The summed E-state index contributed by atoms with van der Waals surface area (Å²) in [6, 6.07) is 17.1. The normalized spacial score (nSPS) is 12.9. The minimum Gasteiger partial charge on any atom is -0.481 e. The Kier molecular flexibility index (Phi) is 7.36.